The molecular weight excluding hydrogens is 358 g/mol. The number of carbonyl (C=O) groups is 1. The van der Waals surface area contributed by atoms with Crippen molar-refractivity contribution >= 4 is 22.4 Å². The molecule has 1 heterocycles. The van der Waals surface area contributed by atoms with Crippen molar-refractivity contribution in [2.75, 3.05) is 5.32 Å². The summed E-state index contributed by atoms with van der Waals surface area (Å²) in [5.41, 5.74) is 2.98. The highest BCUT2D eigenvalue weighted by Crippen LogP contribution is 2.22. The Morgan fingerprint density at radius 3 is 2.78 bits per heavy atom. The molecule has 0 bridgehead atoms. The molecule has 3 rings (SSSR count). The smallest absolute Gasteiger partial charge is 0.266 e. The molecular formula is C21H19N3O2S. The molecule has 27 heavy (non-hydrogen) atoms. The SMILES string of the molecule is Cc1cccc(Cc2cnc(NC(=O)C(C)Oc3ccc(C#N)cc3)s2)c1. The number of aryl methyl sites for hydroxylation is 1. The van der Waals surface area contributed by atoms with Crippen LogP contribution in [0.15, 0.2) is 54.7 Å². The third-order valence-electron chi connectivity index (χ3n) is 3.91. The van der Waals surface area contributed by atoms with Crippen LogP contribution >= 0.6 is 11.3 Å². The van der Waals surface area contributed by atoms with Gasteiger partial charge in [0.2, 0.25) is 0 Å². The number of nitriles is 1. The van der Waals surface area contributed by atoms with E-state index >= 15 is 0 Å². The molecule has 0 spiro atoms. The molecule has 1 amide bonds. The summed E-state index contributed by atoms with van der Waals surface area (Å²) in [6.45, 7) is 3.74. The number of nitrogens with zero attached hydrogens (tertiary/aromatic N) is 2. The Balaban J connectivity index is 1.57. The number of hydrogen-bond acceptors (Lipinski definition) is 5. The molecule has 0 saturated carbocycles. The van der Waals surface area contributed by atoms with Gasteiger partial charge in [0.1, 0.15) is 5.75 Å². The number of anilines is 1. The lowest BCUT2D eigenvalue weighted by Crippen LogP contribution is -2.30. The normalized spacial score (nSPS) is 11.4. The van der Waals surface area contributed by atoms with Crippen LogP contribution in [0.3, 0.4) is 0 Å². The van der Waals surface area contributed by atoms with Gasteiger partial charge >= 0.3 is 0 Å². The minimum absolute atomic E-state index is 0.268. The van der Waals surface area contributed by atoms with Crippen LogP contribution in [0, 0.1) is 18.3 Å². The van der Waals surface area contributed by atoms with Crippen LogP contribution < -0.4 is 10.1 Å². The van der Waals surface area contributed by atoms with Crippen LogP contribution in [0.4, 0.5) is 5.13 Å². The van der Waals surface area contributed by atoms with Gasteiger partial charge in [-0.2, -0.15) is 5.26 Å². The molecule has 2 aromatic carbocycles. The first-order valence-electron chi connectivity index (χ1n) is 8.51. The maximum atomic E-state index is 12.3. The summed E-state index contributed by atoms with van der Waals surface area (Å²) in [4.78, 5) is 17.7. The van der Waals surface area contributed by atoms with Crippen molar-refractivity contribution < 1.29 is 9.53 Å². The lowest BCUT2D eigenvalue weighted by molar-refractivity contribution is -0.122. The maximum absolute atomic E-state index is 12.3. The fourth-order valence-corrected chi connectivity index (χ4v) is 3.39. The average molecular weight is 377 g/mol. The highest BCUT2D eigenvalue weighted by Gasteiger charge is 2.16. The Morgan fingerprint density at radius 1 is 1.30 bits per heavy atom. The summed E-state index contributed by atoms with van der Waals surface area (Å²) >= 11 is 1.46. The predicted molar refractivity (Wildman–Crippen MR) is 106 cm³/mol. The standard InChI is InChI=1S/C21H19N3O2S/c1-14-4-3-5-17(10-14)11-19-13-23-21(27-19)24-20(25)15(2)26-18-8-6-16(12-22)7-9-18/h3-10,13,15H,11H2,1-2H3,(H,23,24,25). The predicted octanol–water partition coefficient (Wildman–Crippen LogP) is 4.32. The summed E-state index contributed by atoms with van der Waals surface area (Å²) in [5, 5.41) is 12.2. The Bertz CT molecular complexity index is 974. The van der Waals surface area contributed by atoms with Gasteiger partial charge in [-0.05, 0) is 43.7 Å². The molecule has 1 atom stereocenters. The van der Waals surface area contributed by atoms with Crippen molar-refractivity contribution in [1.29, 1.82) is 5.26 Å². The van der Waals surface area contributed by atoms with E-state index in [1.165, 1.54) is 22.5 Å². The molecule has 3 aromatic rings. The topological polar surface area (TPSA) is 75.0 Å². The monoisotopic (exact) mass is 377 g/mol. The van der Waals surface area contributed by atoms with Gasteiger partial charge in [0.15, 0.2) is 11.2 Å². The number of benzene rings is 2. The molecule has 0 aliphatic carbocycles. The molecule has 0 fully saturated rings. The molecule has 0 saturated heterocycles. The second-order valence-electron chi connectivity index (χ2n) is 6.18. The quantitative estimate of drug-likeness (QED) is 0.694. The molecule has 1 aromatic heterocycles. The highest BCUT2D eigenvalue weighted by molar-refractivity contribution is 7.15. The van der Waals surface area contributed by atoms with Gasteiger partial charge in [-0.1, -0.05) is 29.8 Å². The summed E-state index contributed by atoms with van der Waals surface area (Å²) in [5.74, 6) is 0.270. The van der Waals surface area contributed by atoms with Crippen molar-refractivity contribution in [2.24, 2.45) is 0 Å². The van der Waals surface area contributed by atoms with Crippen LogP contribution in [0.1, 0.15) is 28.5 Å². The average Bonchev–Trinajstić information content (AvgIpc) is 3.09. The summed E-state index contributed by atoms with van der Waals surface area (Å²) in [6, 6.07) is 17.0. The number of ether oxygens (including phenoxy) is 1. The number of amides is 1. The number of aromatic nitrogens is 1. The Kier molecular flexibility index (Phi) is 5.84. The van der Waals surface area contributed by atoms with Gasteiger partial charge in [-0.15, -0.1) is 11.3 Å². The Hall–Kier alpha value is -3.17. The number of rotatable bonds is 6. The lowest BCUT2D eigenvalue weighted by atomic mass is 10.1. The molecule has 5 nitrogen and oxygen atoms in total. The molecule has 1 unspecified atom stereocenters. The van der Waals surface area contributed by atoms with Gasteiger partial charge in [0.05, 0.1) is 11.6 Å². The van der Waals surface area contributed by atoms with Gasteiger partial charge in [0, 0.05) is 17.5 Å². The van der Waals surface area contributed by atoms with E-state index in [0.717, 1.165) is 11.3 Å². The van der Waals surface area contributed by atoms with E-state index in [2.05, 4.69) is 35.4 Å². The number of hydrogen-bond donors (Lipinski definition) is 1. The molecule has 1 N–H and O–H groups in total. The third-order valence-corrected chi connectivity index (χ3v) is 4.82. The van der Waals surface area contributed by atoms with Crippen LogP contribution in [0.2, 0.25) is 0 Å². The number of thiazole rings is 1. The van der Waals surface area contributed by atoms with E-state index < -0.39 is 6.10 Å². The number of carbonyl (C=O) groups excluding carboxylic acids is 1. The van der Waals surface area contributed by atoms with Crippen molar-refractivity contribution in [1.82, 2.24) is 4.98 Å². The van der Waals surface area contributed by atoms with Crippen molar-refractivity contribution in [2.45, 2.75) is 26.4 Å². The van der Waals surface area contributed by atoms with Crippen molar-refractivity contribution in [3.63, 3.8) is 0 Å². The van der Waals surface area contributed by atoms with Crippen LogP contribution in [-0.2, 0) is 11.2 Å². The van der Waals surface area contributed by atoms with Crippen LogP contribution in [0.25, 0.3) is 0 Å². The summed E-state index contributed by atoms with van der Waals surface area (Å²) in [7, 11) is 0. The first-order chi connectivity index (χ1) is 13.0. The van der Waals surface area contributed by atoms with Gasteiger partial charge < -0.3 is 4.74 Å². The van der Waals surface area contributed by atoms with Crippen molar-refractivity contribution in [3.05, 3.63) is 76.3 Å². The van der Waals surface area contributed by atoms with E-state index in [1.54, 1.807) is 37.4 Å². The zero-order valence-electron chi connectivity index (χ0n) is 15.1. The van der Waals surface area contributed by atoms with Gasteiger partial charge in [-0.3, -0.25) is 10.1 Å². The maximum Gasteiger partial charge on any atom is 0.266 e. The fraction of sp³-hybridized carbons (Fsp3) is 0.190. The fourth-order valence-electron chi connectivity index (χ4n) is 2.54. The molecule has 0 radical (unpaired) electrons. The van der Waals surface area contributed by atoms with E-state index in [9.17, 15) is 4.79 Å². The Labute approximate surface area is 162 Å². The van der Waals surface area contributed by atoms with E-state index in [1.807, 2.05) is 12.1 Å². The second-order valence-corrected chi connectivity index (χ2v) is 7.30. The summed E-state index contributed by atoms with van der Waals surface area (Å²) in [6.07, 6.45) is 1.89. The van der Waals surface area contributed by atoms with Crippen molar-refractivity contribution in [3.8, 4) is 11.8 Å². The Morgan fingerprint density at radius 2 is 2.07 bits per heavy atom. The van der Waals surface area contributed by atoms with E-state index in [4.69, 9.17) is 10.00 Å². The molecule has 0 aliphatic heterocycles. The molecule has 6 heteroatoms. The molecule has 136 valence electrons. The zero-order chi connectivity index (χ0) is 19.2. The second kappa shape index (κ2) is 8.47. The third kappa shape index (κ3) is 5.16. The lowest BCUT2D eigenvalue weighted by Gasteiger charge is -2.13. The molecule has 0 aliphatic rings. The first-order valence-corrected chi connectivity index (χ1v) is 9.33. The van der Waals surface area contributed by atoms with Gasteiger partial charge in [-0.25, -0.2) is 4.98 Å². The van der Waals surface area contributed by atoms with E-state index in [-0.39, 0.29) is 5.91 Å². The highest BCUT2D eigenvalue weighted by atomic mass is 32.1. The van der Waals surface area contributed by atoms with Crippen LogP contribution in [0.5, 0.6) is 5.75 Å². The van der Waals surface area contributed by atoms with Crippen LogP contribution in [-0.4, -0.2) is 17.0 Å². The van der Waals surface area contributed by atoms with E-state index in [0.29, 0.717) is 16.4 Å². The zero-order valence-corrected chi connectivity index (χ0v) is 15.9. The number of nitrogens with one attached hydrogen (secondary N) is 1. The minimum Gasteiger partial charge on any atom is -0.481 e. The first kappa shape index (κ1) is 18.6. The van der Waals surface area contributed by atoms with Gasteiger partial charge in [0.25, 0.3) is 5.91 Å². The summed E-state index contributed by atoms with van der Waals surface area (Å²) < 4.78 is 5.62. The minimum atomic E-state index is -0.679. The largest absolute Gasteiger partial charge is 0.481 e.